The smallest absolute Gasteiger partial charge is 0.150 e. The van der Waals surface area contributed by atoms with Crippen molar-refractivity contribution in [2.45, 2.75) is 6.92 Å². The van der Waals surface area contributed by atoms with Crippen LogP contribution >= 0.6 is 0 Å². The summed E-state index contributed by atoms with van der Waals surface area (Å²) in [5.41, 5.74) is 6.38. The number of allylic oxidation sites excluding steroid dienone is 5. The summed E-state index contributed by atoms with van der Waals surface area (Å²) < 4.78 is 0. The number of aldehydes is 1. The number of aryl methyl sites for hydroxylation is 1. The second kappa shape index (κ2) is 5.76. The fourth-order valence-electron chi connectivity index (χ4n) is 2.43. The van der Waals surface area contributed by atoms with Crippen LogP contribution in [0.4, 0.5) is 0 Å². The largest absolute Gasteiger partial charge is 0.298 e. The second-order valence-corrected chi connectivity index (χ2v) is 5.16. The molecule has 3 rings (SSSR count). The van der Waals surface area contributed by atoms with Crippen molar-refractivity contribution in [2.24, 2.45) is 0 Å². The monoisotopic (exact) mass is 272 g/mol. The van der Waals surface area contributed by atoms with Crippen LogP contribution in [0.25, 0.3) is 11.6 Å². The highest BCUT2D eigenvalue weighted by molar-refractivity contribution is 6.07. The molecular weight excluding hydrogens is 256 g/mol. The topological polar surface area (TPSA) is 17.1 Å². The van der Waals surface area contributed by atoms with E-state index in [1.807, 2.05) is 24.3 Å². The maximum Gasteiger partial charge on any atom is 0.150 e. The molecule has 21 heavy (non-hydrogen) atoms. The summed E-state index contributed by atoms with van der Waals surface area (Å²) in [5, 5.41) is 0. The van der Waals surface area contributed by atoms with Gasteiger partial charge < -0.3 is 0 Å². The first-order chi connectivity index (χ1) is 10.3. The van der Waals surface area contributed by atoms with E-state index in [1.54, 1.807) is 0 Å². The Morgan fingerprint density at radius 3 is 2.24 bits per heavy atom. The van der Waals surface area contributed by atoms with Crippen LogP contribution in [0.15, 0.2) is 77.9 Å². The molecule has 1 heteroatoms. The van der Waals surface area contributed by atoms with Crippen LogP contribution in [-0.2, 0) is 4.79 Å². The Balaban J connectivity index is 1.92. The molecular formula is C20H16O. The second-order valence-electron chi connectivity index (χ2n) is 5.16. The SMILES string of the molecule is Cc1ccc(C2=C(/C=C/c3ccccc3)C=C2C=O)cc1. The minimum absolute atomic E-state index is 0.770. The lowest BCUT2D eigenvalue weighted by Crippen LogP contribution is -2.04. The van der Waals surface area contributed by atoms with Gasteiger partial charge in [-0.1, -0.05) is 72.3 Å². The predicted molar refractivity (Wildman–Crippen MR) is 87.7 cm³/mol. The van der Waals surface area contributed by atoms with Crippen LogP contribution < -0.4 is 0 Å². The number of carbonyl (C=O) groups is 1. The molecule has 0 spiro atoms. The third kappa shape index (κ3) is 2.77. The van der Waals surface area contributed by atoms with Crippen LogP contribution in [0.3, 0.4) is 0 Å². The van der Waals surface area contributed by atoms with E-state index >= 15 is 0 Å². The Bertz CT molecular complexity index is 744. The Labute approximate surface area is 124 Å². The van der Waals surface area contributed by atoms with Crippen LogP contribution in [0.2, 0.25) is 0 Å². The normalized spacial score (nSPS) is 14.0. The zero-order valence-corrected chi connectivity index (χ0v) is 11.9. The molecule has 0 heterocycles. The lowest BCUT2D eigenvalue weighted by atomic mass is 9.83. The van der Waals surface area contributed by atoms with E-state index in [2.05, 4.69) is 55.5 Å². The average Bonchev–Trinajstić information content (AvgIpc) is 2.50. The highest BCUT2D eigenvalue weighted by atomic mass is 16.1. The highest BCUT2D eigenvalue weighted by Gasteiger charge is 2.19. The van der Waals surface area contributed by atoms with Crippen LogP contribution in [0.5, 0.6) is 0 Å². The van der Waals surface area contributed by atoms with Gasteiger partial charge in [-0.3, -0.25) is 4.79 Å². The lowest BCUT2D eigenvalue weighted by molar-refractivity contribution is -0.104. The quantitative estimate of drug-likeness (QED) is 0.743. The predicted octanol–water partition coefficient (Wildman–Crippen LogP) is 4.60. The molecule has 0 amide bonds. The van der Waals surface area contributed by atoms with Gasteiger partial charge in [-0.25, -0.2) is 0 Å². The third-order valence-corrected chi connectivity index (χ3v) is 3.61. The summed E-state index contributed by atoms with van der Waals surface area (Å²) in [6.07, 6.45) is 7.00. The summed E-state index contributed by atoms with van der Waals surface area (Å²) in [6, 6.07) is 18.4. The van der Waals surface area contributed by atoms with Crippen molar-refractivity contribution < 1.29 is 4.79 Å². The van der Waals surface area contributed by atoms with E-state index in [0.29, 0.717) is 0 Å². The van der Waals surface area contributed by atoms with Crippen molar-refractivity contribution >= 4 is 17.9 Å². The molecule has 2 aromatic rings. The van der Waals surface area contributed by atoms with E-state index < -0.39 is 0 Å². The molecule has 2 aromatic carbocycles. The lowest BCUT2D eigenvalue weighted by Gasteiger charge is -2.19. The molecule has 0 aliphatic heterocycles. The van der Waals surface area contributed by atoms with Gasteiger partial charge in [-0.05, 0) is 35.3 Å². The number of benzene rings is 2. The maximum absolute atomic E-state index is 11.1. The number of rotatable bonds is 4. The Morgan fingerprint density at radius 1 is 0.857 bits per heavy atom. The summed E-state index contributed by atoms with van der Waals surface area (Å²) in [4.78, 5) is 11.1. The molecule has 0 atom stereocenters. The van der Waals surface area contributed by atoms with Gasteiger partial charge >= 0.3 is 0 Å². The summed E-state index contributed by atoms with van der Waals surface area (Å²) in [5.74, 6) is 0. The van der Waals surface area contributed by atoms with Gasteiger partial charge in [0.2, 0.25) is 0 Å². The maximum atomic E-state index is 11.1. The summed E-state index contributed by atoms with van der Waals surface area (Å²) >= 11 is 0. The van der Waals surface area contributed by atoms with Crippen molar-refractivity contribution in [1.29, 1.82) is 0 Å². The van der Waals surface area contributed by atoms with Crippen LogP contribution in [0.1, 0.15) is 16.7 Å². The van der Waals surface area contributed by atoms with Gasteiger partial charge in [0.25, 0.3) is 0 Å². The van der Waals surface area contributed by atoms with Crippen LogP contribution in [-0.4, -0.2) is 6.29 Å². The van der Waals surface area contributed by atoms with Gasteiger partial charge in [0.05, 0.1) is 0 Å². The van der Waals surface area contributed by atoms with Crippen molar-refractivity contribution in [2.75, 3.05) is 0 Å². The van der Waals surface area contributed by atoms with Gasteiger partial charge in [0.1, 0.15) is 0 Å². The summed E-state index contributed by atoms with van der Waals surface area (Å²) in [7, 11) is 0. The summed E-state index contributed by atoms with van der Waals surface area (Å²) in [6.45, 7) is 2.06. The first-order valence-electron chi connectivity index (χ1n) is 6.99. The van der Waals surface area contributed by atoms with Gasteiger partial charge in [0.15, 0.2) is 6.29 Å². The highest BCUT2D eigenvalue weighted by Crippen LogP contribution is 2.36. The molecule has 0 bridgehead atoms. The molecule has 0 aromatic heterocycles. The van der Waals surface area contributed by atoms with Crippen LogP contribution in [0, 0.1) is 6.92 Å². The third-order valence-electron chi connectivity index (χ3n) is 3.61. The Morgan fingerprint density at radius 2 is 1.57 bits per heavy atom. The fourth-order valence-corrected chi connectivity index (χ4v) is 2.43. The fraction of sp³-hybridized carbons (Fsp3) is 0.0500. The molecule has 0 N–H and O–H groups in total. The van der Waals surface area contributed by atoms with Gasteiger partial charge in [-0.2, -0.15) is 0 Å². The number of carbonyl (C=O) groups excluding carboxylic acids is 1. The molecule has 1 aliphatic carbocycles. The van der Waals surface area contributed by atoms with Crippen molar-refractivity contribution in [3.8, 4) is 0 Å². The van der Waals surface area contributed by atoms with Gasteiger partial charge in [-0.15, -0.1) is 0 Å². The van der Waals surface area contributed by atoms with E-state index in [-0.39, 0.29) is 0 Å². The number of hydrogen-bond acceptors (Lipinski definition) is 1. The number of hydrogen-bond donors (Lipinski definition) is 0. The molecule has 0 unspecified atom stereocenters. The first-order valence-corrected chi connectivity index (χ1v) is 6.99. The molecule has 0 fully saturated rings. The van der Waals surface area contributed by atoms with E-state index in [1.165, 1.54) is 5.56 Å². The van der Waals surface area contributed by atoms with Crippen molar-refractivity contribution in [3.63, 3.8) is 0 Å². The zero-order chi connectivity index (χ0) is 14.7. The van der Waals surface area contributed by atoms with E-state index in [0.717, 1.165) is 34.1 Å². The Kier molecular flexibility index (Phi) is 3.65. The minimum Gasteiger partial charge on any atom is -0.298 e. The van der Waals surface area contributed by atoms with Crippen molar-refractivity contribution in [1.82, 2.24) is 0 Å². The molecule has 102 valence electrons. The molecule has 0 radical (unpaired) electrons. The molecule has 0 saturated heterocycles. The first kappa shape index (κ1) is 13.3. The molecule has 1 aliphatic rings. The van der Waals surface area contributed by atoms with E-state index in [4.69, 9.17) is 0 Å². The molecule has 1 nitrogen and oxygen atoms in total. The van der Waals surface area contributed by atoms with Gasteiger partial charge in [0, 0.05) is 5.57 Å². The van der Waals surface area contributed by atoms with E-state index in [9.17, 15) is 4.79 Å². The Hall–Kier alpha value is -2.67. The average molecular weight is 272 g/mol. The molecule has 0 saturated carbocycles. The zero-order valence-electron chi connectivity index (χ0n) is 11.9. The minimum atomic E-state index is 0.770. The van der Waals surface area contributed by atoms with Crippen molar-refractivity contribution in [3.05, 3.63) is 94.6 Å². The standard InChI is InChI=1S/C20H16O/c1-15-7-10-17(11-8-15)20-18(13-19(20)14-21)12-9-16-5-3-2-4-6-16/h2-14H,1H3/b12-9+.